The summed E-state index contributed by atoms with van der Waals surface area (Å²) in [5.74, 6) is 1.28. The number of allylic oxidation sites excluding steroid dienone is 1. The van der Waals surface area contributed by atoms with E-state index in [-0.39, 0.29) is 11.5 Å². The highest BCUT2D eigenvalue weighted by Gasteiger charge is 2.53. The summed E-state index contributed by atoms with van der Waals surface area (Å²) in [6.07, 6.45) is 10.6. The van der Waals surface area contributed by atoms with Crippen LogP contribution in [0.4, 0.5) is 4.79 Å². The molecule has 26 heavy (non-hydrogen) atoms. The van der Waals surface area contributed by atoms with Gasteiger partial charge in [-0.15, -0.1) is 0 Å². The van der Waals surface area contributed by atoms with Gasteiger partial charge in [-0.2, -0.15) is 0 Å². The lowest BCUT2D eigenvalue weighted by Crippen LogP contribution is -2.57. The van der Waals surface area contributed by atoms with Gasteiger partial charge in [-0.1, -0.05) is 58.1 Å². The lowest BCUT2D eigenvalue weighted by molar-refractivity contribution is -0.164. The molecule has 0 spiro atoms. The van der Waals surface area contributed by atoms with Gasteiger partial charge in [0.15, 0.2) is 0 Å². The first-order valence-electron chi connectivity index (χ1n) is 10.7. The van der Waals surface area contributed by atoms with Gasteiger partial charge in [-0.3, -0.25) is 0 Å². The Balaban J connectivity index is 1.65. The number of hydrogen-bond donors (Lipinski definition) is 1. The molecule has 2 aliphatic carbocycles. The highest BCUT2D eigenvalue weighted by molar-refractivity contribution is 5.67. The molecular weight excluding hydrogens is 326 g/mol. The van der Waals surface area contributed by atoms with Crippen molar-refractivity contribution in [1.82, 2.24) is 5.32 Å². The Morgan fingerprint density at radius 1 is 1.31 bits per heavy atom. The van der Waals surface area contributed by atoms with Gasteiger partial charge in [0, 0.05) is 17.4 Å². The predicted octanol–water partition coefficient (Wildman–Crippen LogP) is 5.08. The topological polar surface area (TPSA) is 47.6 Å². The Bertz CT molecular complexity index is 525. The van der Waals surface area contributed by atoms with Gasteiger partial charge in [0.25, 0.3) is 0 Å². The Morgan fingerprint density at radius 2 is 2.04 bits per heavy atom. The third-order valence-corrected chi connectivity index (χ3v) is 7.33. The number of fused-ring (bicyclic) bond motifs is 2. The lowest BCUT2D eigenvalue weighted by atomic mass is 9.56. The molecule has 0 aromatic carbocycles. The van der Waals surface area contributed by atoms with Crippen molar-refractivity contribution in [3.63, 3.8) is 0 Å². The van der Waals surface area contributed by atoms with Crippen molar-refractivity contribution in [3.8, 4) is 0 Å². The molecule has 5 atom stereocenters. The number of rotatable bonds is 5. The molecule has 0 unspecified atom stereocenters. The predicted molar refractivity (Wildman–Crippen MR) is 104 cm³/mol. The Hall–Kier alpha value is -1.03. The molecular formula is C22H37NO3. The largest absolute Gasteiger partial charge is 0.449 e. The van der Waals surface area contributed by atoms with Gasteiger partial charge in [-0.25, -0.2) is 4.79 Å². The van der Waals surface area contributed by atoms with E-state index in [1.165, 1.54) is 24.8 Å². The Labute approximate surface area is 159 Å². The van der Waals surface area contributed by atoms with Crippen molar-refractivity contribution in [2.24, 2.45) is 23.2 Å². The van der Waals surface area contributed by atoms with Gasteiger partial charge in [-0.05, 0) is 38.0 Å². The lowest BCUT2D eigenvalue weighted by Gasteiger charge is -2.55. The van der Waals surface area contributed by atoms with Crippen LogP contribution in [-0.4, -0.2) is 31.5 Å². The van der Waals surface area contributed by atoms with Crippen LogP contribution < -0.4 is 5.32 Å². The molecule has 2 fully saturated rings. The van der Waals surface area contributed by atoms with E-state index in [9.17, 15) is 4.79 Å². The van der Waals surface area contributed by atoms with Crippen LogP contribution in [0.25, 0.3) is 0 Å². The molecule has 3 rings (SSSR count). The molecule has 1 saturated heterocycles. The number of carbonyl (C=O) groups is 1. The first kappa shape index (κ1) is 19.7. The summed E-state index contributed by atoms with van der Waals surface area (Å²) in [5, 5.41) is 3.08. The summed E-state index contributed by atoms with van der Waals surface area (Å²) in [4.78, 5) is 12.4. The van der Waals surface area contributed by atoms with Crippen LogP contribution in [0.2, 0.25) is 0 Å². The van der Waals surface area contributed by atoms with Crippen molar-refractivity contribution in [1.29, 1.82) is 0 Å². The molecule has 1 N–H and O–H groups in total. The zero-order valence-corrected chi connectivity index (χ0v) is 17.1. The fraction of sp³-hybridized carbons (Fsp3) is 0.864. The number of ether oxygens (including phenoxy) is 2. The van der Waals surface area contributed by atoms with E-state index in [4.69, 9.17) is 9.47 Å². The normalized spacial score (nSPS) is 37.8. The summed E-state index contributed by atoms with van der Waals surface area (Å²) < 4.78 is 12.1. The minimum atomic E-state index is -0.246. The number of alkyl carbamates (subject to hydrolysis) is 1. The van der Waals surface area contributed by atoms with Gasteiger partial charge in [0.05, 0.1) is 12.7 Å². The summed E-state index contributed by atoms with van der Waals surface area (Å²) in [6, 6.07) is 0.293. The maximum Gasteiger partial charge on any atom is 0.407 e. The van der Waals surface area contributed by atoms with E-state index in [2.05, 4.69) is 39.1 Å². The monoisotopic (exact) mass is 363 g/mol. The van der Waals surface area contributed by atoms with Crippen molar-refractivity contribution in [2.75, 3.05) is 13.2 Å². The number of hydrogen-bond acceptors (Lipinski definition) is 3. The van der Waals surface area contributed by atoms with Crippen molar-refractivity contribution >= 4 is 6.09 Å². The molecule has 148 valence electrons. The Morgan fingerprint density at radius 3 is 2.73 bits per heavy atom. The van der Waals surface area contributed by atoms with Gasteiger partial charge < -0.3 is 14.8 Å². The van der Waals surface area contributed by atoms with Crippen LogP contribution >= 0.6 is 0 Å². The standard InChI is InChI=1S/C22H37NO3/c1-5-9-19-20-15(2)12-16(3)22(13-25-19,17(20)4)14-26-21(24)23-18-10-7-6-8-11-18/h12,16-20H,5-11,13-14H2,1-4H3,(H,23,24)/t16-,17+,19+,20-,22+/m0/s1. The second kappa shape index (κ2) is 8.33. The first-order valence-corrected chi connectivity index (χ1v) is 10.7. The SMILES string of the molecule is CCC[C@H]1OC[C@]2(COC(=O)NC3CCCCC3)[C@H](C)[C@@H]1C(C)=C[C@@H]2C. The summed E-state index contributed by atoms with van der Waals surface area (Å²) in [5.41, 5.74) is 1.35. The fourth-order valence-corrected chi connectivity index (χ4v) is 5.59. The van der Waals surface area contributed by atoms with E-state index < -0.39 is 0 Å². The van der Waals surface area contributed by atoms with Crippen molar-refractivity contribution < 1.29 is 14.3 Å². The second-order valence-corrected chi connectivity index (χ2v) is 8.94. The first-order chi connectivity index (χ1) is 12.5. The number of nitrogens with one attached hydrogen (secondary N) is 1. The molecule has 2 bridgehead atoms. The van der Waals surface area contributed by atoms with Crippen LogP contribution in [-0.2, 0) is 9.47 Å². The second-order valence-electron chi connectivity index (χ2n) is 8.94. The van der Waals surface area contributed by atoms with E-state index in [0.29, 0.717) is 43.1 Å². The van der Waals surface area contributed by atoms with E-state index in [1.54, 1.807) is 0 Å². The van der Waals surface area contributed by atoms with Crippen LogP contribution in [0.3, 0.4) is 0 Å². The van der Waals surface area contributed by atoms with E-state index in [1.807, 2.05) is 0 Å². The molecule has 0 aromatic heterocycles. The molecule has 0 radical (unpaired) electrons. The molecule has 1 heterocycles. The zero-order valence-electron chi connectivity index (χ0n) is 17.1. The van der Waals surface area contributed by atoms with Crippen LogP contribution in [0, 0.1) is 23.2 Å². The average Bonchev–Trinajstić information content (AvgIpc) is 2.61. The molecule has 1 aliphatic heterocycles. The Kier molecular flexibility index (Phi) is 6.32. The van der Waals surface area contributed by atoms with E-state index in [0.717, 1.165) is 25.7 Å². The van der Waals surface area contributed by atoms with Gasteiger partial charge >= 0.3 is 6.09 Å². The maximum atomic E-state index is 12.4. The summed E-state index contributed by atoms with van der Waals surface area (Å²) in [6.45, 7) is 10.2. The minimum Gasteiger partial charge on any atom is -0.449 e. The highest BCUT2D eigenvalue weighted by atomic mass is 16.6. The number of carbonyl (C=O) groups excluding carboxylic acids is 1. The number of amides is 1. The highest BCUT2D eigenvalue weighted by Crippen LogP contribution is 2.53. The third kappa shape index (κ3) is 3.81. The van der Waals surface area contributed by atoms with E-state index >= 15 is 0 Å². The van der Waals surface area contributed by atoms with Crippen LogP contribution in [0.15, 0.2) is 11.6 Å². The van der Waals surface area contributed by atoms with Crippen molar-refractivity contribution in [3.05, 3.63) is 11.6 Å². The van der Waals surface area contributed by atoms with Crippen LogP contribution in [0.1, 0.15) is 72.6 Å². The van der Waals surface area contributed by atoms with Gasteiger partial charge in [0.2, 0.25) is 0 Å². The molecule has 3 aliphatic rings. The zero-order chi connectivity index (χ0) is 18.7. The smallest absolute Gasteiger partial charge is 0.407 e. The molecule has 1 amide bonds. The minimum absolute atomic E-state index is 0.0989. The molecule has 4 heteroatoms. The van der Waals surface area contributed by atoms with Gasteiger partial charge in [0.1, 0.15) is 6.61 Å². The van der Waals surface area contributed by atoms with Crippen LogP contribution in [0.5, 0.6) is 0 Å². The summed E-state index contributed by atoms with van der Waals surface area (Å²) in [7, 11) is 0. The maximum absolute atomic E-state index is 12.4. The average molecular weight is 364 g/mol. The molecule has 1 saturated carbocycles. The van der Waals surface area contributed by atoms with Crippen molar-refractivity contribution in [2.45, 2.75) is 84.8 Å². The molecule has 4 nitrogen and oxygen atoms in total. The third-order valence-electron chi connectivity index (χ3n) is 7.33. The fourth-order valence-electron chi connectivity index (χ4n) is 5.59. The summed E-state index contributed by atoms with van der Waals surface area (Å²) >= 11 is 0. The molecule has 0 aromatic rings. The quantitative estimate of drug-likeness (QED) is 0.693.